The van der Waals surface area contributed by atoms with Crippen LogP contribution in [0.4, 0.5) is 11.4 Å². The van der Waals surface area contributed by atoms with E-state index in [1.165, 1.54) is 22.9 Å². The van der Waals surface area contributed by atoms with Gasteiger partial charge in [0.05, 0.1) is 23.0 Å². The Morgan fingerprint density at radius 2 is 1.89 bits per heavy atom. The lowest BCUT2D eigenvalue weighted by Gasteiger charge is -2.35. The lowest BCUT2D eigenvalue weighted by atomic mass is 9.93. The Hall–Kier alpha value is -1.71. The number of hydrogen-bond acceptors (Lipinski definition) is 6. The first kappa shape index (κ1) is 20.0. The number of morpholine rings is 1. The minimum atomic E-state index is -3.76. The van der Waals surface area contributed by atoms with Crippen molar-refractivity contribution in [1.29, 1.82) is 0 Å². The van der Waals surface area contributed by atoms with Crippen molar-refractivity contribution < 1.29 is 18.1 Å². The van der Waals surface area contributed by atoms with Crippen LogP contribution in [0.3, 0.4) is 0 Å². The van der Waals surface area contributed by atoms with Crippen LogP contribution < -0.4 is 4.90 Å². The maximum absolute atomic E-state index is 12.8. The summed E-state index contributed by atoms with van der Waals surface area (Å²) in [6.45, 7) is 3.84. The van der Waals surface area contributed by atoms with Gasteiger partial charge in [-0.15, -0.1) is 0 Å². The summed E-state index contributed by atoms with van der Waals surface area (Å²) in [7, 11) is -3.76. The molecule has 0 amide bonds. The summed E-state index contributed by atoms with van der Waals surface area (Å²) in [5.74, 6) is 0. The van der Waals surface area contributed by atoms with Crippen LogP contribution in [0.2, 0.25) is 0 Å². The molecular weight excluding hydrogens is 370 g/mol. The predicted octanol–water partition coefficient (Wildman–Crippen LogP) is 2.77. The number of hydrogen-bond donors (Lipinski definition) is 0. The molecule has 3 rings (SSSR count). The first-order valence-electron chi connectivity index (χ1n) is 9.58. The highest BCUT2D eigenvalue weighted by Gasteiger charge is 2.31. The summed E-state index contributed by atoms with van der Waals surface area (Å²) in [4.78, 5) is 13.3. The summed E-state index contributed by atoms with van der Waals surface area (Å²) in [5.41, 5.74) is 0.368. The van der Waals surface area contributed by atoms with Crippen LogP contribution >= 0.6 is 0 Å². The number of nitro benzene ring substituents is 1. The normalized spacial score (nSPS) is 19.7. The summed E-state index contributed by atoms with van der Waals surface area (Å²) in [6.07, 6.45) is 5.47. The second kappa shape index (κ2) is 8.53. The smallest absolute Gasteiger partial charge is 0.293 e. The third-order valence-corrected chi connectivity index (χ3v) is 7.31. The van der Waals surface area contributed by atoms with Crippen molar-refractivity contribution in [2.45, 2.75) is 50.0 Å². The highest BCUT2D eigenvalue weighted by Crippen LogP contribution is 2.35. The van der Waals surface area contributed by atoms with Crippen molar-refractivity contribution in [1.82, 2.24) is 4.31 Å². The average molecular weight is 397 g/mol. The van der Waals surface area contributed by atoms with Crippen LogP contribution in [0.5, 0.6) is 0 Å². The van der Waals surface area contributed by atoms with Gasteiger partial charge in [-0.05, 0) is 31.9 Å². The molecule has 1 aromatic carbocycles. The van der Waals surface area contributed by atoms with Crippen LogP contribution in [0.15, 0.2) is 23.1 Å². The molecule has 8 nitrogen and oxygen atoms in total. The zero-order valence-electron chi connectivity index (χ0n) is 15.7. The molecule has 0 atom stereocenters. The molecule has 0 N–H and O–H groups in total. The van der Waals surface area contributed by atoms with Crippen molar-refractivity contribution >= 4 is 21.4 Å². The van der Waals surface area contributed by atoms with E-state index in [1.54, 1.807) is 6.07 Å². The van der Waals surface area contributed by atoms with Gasteiger partial charge >= 0.3 is 0 Å². The first-order chi connectivity index (χ1) is 12.9. The summed E-state index contributed by atoms with van der Waals surface area (Å²) in [6, 6.07) is 4.58. The highest BCUT2D eigenvalue weighted by atomic mass is 32.2. The number of anilines is 1. The Kier molecular flexibility index (Phi) is 6.33. The van der Waals surface area contributed by atoms with Crippen LogP contribution in [0, 0.1) is 10.1 Å². The van der Waals surface area contributed by atoms with Gasteiger partial charge in [-0.25, -0.2) is 8.42 Å². The van der Waals surface area contributed by atoms with Crippen molar-refractivity contribution in [3.8, 4) is 0 Å². The molecule has 1 saturated heterocycles. The molecule has 0 radical (unpaired) electrons. The van der Waals surface area contributed by atoms with E-state index >= 15 is 0 Å². The number of nitrogens with zero attached hydrogens (tertiary/aromatic N) is 3. The molecule has 9 heteroatoms. The molecule has 27 heavy (non-hydrogen) atoms. The lowest BCUT2D eigenvalue weighted by molar-refractivity contribution is -0.384. The molecular formula is C18H27N3O5S. The van der Waals surface area contributed by atoms with Crippen LogP contribution in [-0.2, 0) is 14.8 Å². The standard InChI is InChI=1S/C18H27N3O5S/c1-2-20(15-6-4-3-5-7-15)17-9-8-16(14-18(17)21(22)23)27(24,25)19-10-12-26-13-11-19/h8-9,14-15H,2-7,10-13H2,1H3. The van der Waals surface area contributed by atoms with Crippen LogP contribution in [0.25, 0.3) is 0 Å². The van der Waals surface area contributed by atoms with Gasteiger partial charge in [-0.3, -0.25) is 10.1 Å². The Bertz CT molecular complexity index is 771. The van der Waals surface area contributed by atoms with Gasteiger partial charge < -0.3 is 9.64 Å². The first-order valence-corrected chi connectivity index (χ1v) is 11.0. The molecule has 1 aromatic rings. The molecule has 2 aliphatic rings. The van der Waals surface area contributed by atoms with Crippen molar-refractivity contribution in [3.63, 3.8) is 0 Å². The van der Waals surface area contributed by atoms with E-state index in [1.807, 2.05) is 6.92 Å². The zero-order valence-corrected chi connectivity index (χ0v) is 16.5. The Morgan fingerprint density at radius 1 is 1.22 bits per heavy atom. The fraction of sp³-hybridized carbons (Fsp3) is 0.667. The topological polar surface area (TPSA) is 93.0 Å². The summed E-state index contributed by atoms with van der Waals surface area (Å²) < 4.78 is 32.2. The van der Waals surface area contributed by atoms with Gasteiger partial charge in [0, 0.05) is 31.7 Å². The fourth-order valence-corrected chi connectivity index (χ4v) is 5.44. The average Bonchev–Trinajstić information content (AvgIpc) is 2.70. The van der Waals surface area contributed by atoms with Gasteiger partial charge in [0.15, 0.2) is 0 Å². The second-order valence-electron chi connectivity index (χ2n) is 7.00. The molecule has 1 aliphatic heterocycles. The Labute approximate surface area is 160 Å². The molecule has 0 aromatic heterocycles. The number of benzene rings is 1. The van der Waals surface area contributed by atoms with Gasteiger partial charge in [-0.2, -0.15) is 4.31 Å². The van der Waals surface area contributed by atoms with E-state index in [4.69, 9.17) is 4.74 Å². The third kappa shape index (κ3) is 4.25. The van der Waals surface area contributed by atoms with Crippen molar-refractivity contribution in [2.75, 3.05) is 37.7 Å². The van der Waals surface area contributed by atoms with E-state index < -0.39 is 14.9 Å². The quantitative estimate of drug-likeness (QED) is 0.541. The second-order valence-corrected chi connectivity index (χ2v) is 8.94. The van der Waals surface area contributed by atoms with E-state index in [0.29, 0.717) is 25.4 Å². The maximum Gasteiger partial charge on any atom is 0.293 e. The van der Waals surface area contributed by atoms with Crippen LogP contribution in [-0.4, -0.2) is 56.5 Å². The fourth-order valence-electron chi connectivity index (χ4n) is 4.01. The number of ether oxygens (including phenoxy) is 1. The Balaban J connectivity index is 1.95. The monoisotopic (exact) mass is 397 g/mol. The number of nitro groups is 1. The van der Waals surface area contributed by atoms with E-state index in [2.05, 4.69) is 4.90 Å². The largest absolute Gasteiger partial charge is 0.379 e. The SMILES string of the molecule is CCN(c1ccc(S(=O)(=O)N2CCOCC2)cc1[N+](=O)[O-])C1CCCCC1. The third-order valence-electron chi connectivity index (χ3n) is 5.42. The molecule has 1 heterocycles. The van der Waals surface area contributed by atoms with Crippen molar-refractivity contribution in [2.24, 2.45) is 0 Å². The molecule has 0 spiro atoms. The molecule has 1 aliphatic carbocycles. The van der Waals surface area contributed by atoms with Gasteiger partial charge in [0.2, 0.25) is 10.0 Å². The molecule has 0 unspecified atom stereocenters. The lowest BCUT2D eigenvalue weighted by Crippen LogP contribution is -2.40. The van der Waals surface area contributed by atoms with E-state index in [-0.39, 0.29) is 29.7 Å². The number of sulfonamides is 1. The van der Waals surface area contributed by atoms with E-state index in [0.717, 1.165) is 25.7 Å². The number of rotatable bonds is 6. The van der Waals surface area contributed by atoms with Gasteiger partial charge in [0.1, 0.15) is 5.69 Å². The summed E-state index contributed by atoms with van der Waals surface area (Å²) >= 11 is 0. The zero-order chi connectivity index (χ0) is 19.4. The minimum absolute atomic E-state index is 0.0282. The molecule has 150 valence electrons. The predicted molar refractivity (Wildman–Crippen MR) is 103 cm³/mol. The maximum atomic E-state index is 12.8. The van der Waals surface area contributed by atoms with Crippen LogP contribution in [0.1, 0.15) is 39.0 Å². The molecule has 1 saturated carbocycles. The Morgan fingerprint density at radius 3 is 2.48 bits per heavy atom. The highest BCUT2D eigenvalue weighted by molar-refractivity contribution is 7.89. The minimum Gasteiger partial charge on any atom is -0.379 e. The molecule has 2 fully saturated rings. The van der Waals surface area contributed by atoms with E-state index in [9.17, 15) is 18.5 Å². The molecule has 0 bridgehead atoms. The summed E-state index contributed by atoms with van der Waals surface area (Å²) in [5, 5.41) is 11.7. The van der Waals surface area contributed by atoms with Crippen molar-refractivity contribution in [3.05, 3.63) is 28.3 Å². The van der Waals surface area contributed by atoms with Gasteiger partial charge in [0.25, 0.3) is 5.69 Å². The van der Waals surface area contributed by atoms with Gasteiger partial charge in [-0.1, -0.05) is 19.3 Å².